The summed E-state index contributed by atoms with van der Waals surface area (Å²) in [6.07, 6.45) is 6.32. The fraction of sp³-hybridized carbons (Fsp3) is 0.917. The van der Waals surface area contributed by atoms with Crippen LogP contribution < -0.4 is 5.73 Å². The summed E-state index contributed by atoms with van der Waals surface area (Å²) >= 11 is 0. The number of carbonyl (C=O) groups excluding carboxylic acids is 1. The third-order valence-electron chi connectivity index (χ3n) is 3.15. The molecule has 1 saturated heterocycles. The standard InChI is InChI=1S/C12H24N2O2/c1-12(13,11(15)16-2)10-14-8-6-4-3-5-7-9-14/h3-10,13H2,1-2H3. The monoisotopic (exact) mass is 228 g/mol. The molecular weight excluding hydrogens is 204 g/mol. The van der Waals surface area contributed by atoms with E-state index in [0.29, 0.717) is 6.54 Å². The van der Waals surface area contributed by atoms with Crippen molar-refractivity contribution in [3.63, 3.8) is 0 Å². The van der Waals surface area contributed by atoms with Crippen LogP contribution in [0.15, 0.2) is 0 Å². The minimum absolute atomic E-state index is 0.324. The van der Waals surface area contributed by atoms with Gasteiger partial charge in [0.1, 0.15) is 5.54 Å². The van der Waals surface area contributed by atoms with Gasteiger partial charge in [-0.2, -0.15) is 0 Å². The van der Waals surface area contributed by atoms with Crippen LogP contribution >= 0.6 is 0 Å². The average Bonchev–Trinajstić information content (AvgIpc) is 2.20. The number of nitrogens with zero attached hydrogens (tertiary/aromatic N) is 1. The van der Waals surface area contributed by atoms with Crippen molar-refractivity contribution >= 4 is 5.97 Å². The lowest BCUT2D eigenvalue weighted by atomic mass is 10.0. The molecule has 1 rings (SSSR count). The van der Waals surface area contributed by atoms with Gasteiger partial charge in [-0.3, -0.25) is 4.79 Å². The molecule has 0 aliphatic carbocycles. The lowest BCUT2D eigenvalue weighted by Crippen LogP contribution is -2.54. The van der Waals surface area contributed by atoms with E-state index in [-0.39, 0.29) is 5.97 Å². The predicted octanol–water partition coefficient (Wildman–Crippen LogP) is 1.14. The highest BCUT2D eigenvalue weighted by molar-refractivity contribution is 5.80. The second kappa shape index (κ2) is 6.21. The summed E-state index contributed by atoms with van der Waals surface area (Å²) in [5.41, 5.74) is 5.09. The van der Waals surface area contributed by atoms with Crippen LogP contribution in [0.2, 0.25) is 0 Å². The van der Waals surface area contributed by atoms with Crippen molar-refractivity contribution in [2.45, 2.75) is 44.6 Å². The Morgan fingerprint density at radius 1 is 1.25 bits per heavy atom. The number of hydrogen-bond acceptors (Lipinski definition) is 4. The Kier molecular flexibility index (Phi) is 5.22. The number of likely N-dealkylation sites (tertiary alicyclic amines) is 1. The van der Waals surface area contributed by atoms with Crippen LogP contribution in [0.25, 0.3) is 0 Å². The van der Waals surface area contributed by atoms with E-state index in [0.717, 1.165) is 13.1 Å². The van der Waals surface area contributed by atoms with Crippen LogP contribution in [0.5, 0.6) is 0 Å². The number of methoxy groups -OCH3 is 1. The number of esters is 1. The van der Waals surface area contributed by atoms with Crippen molar-refractivity contribution in [3.05, 3.63) is 0 Å². The van der Waals surface area contributed by atoms with Crippen LogP contribution in [0.3, 0.4) is 0 Å². The van der Waals surface area contributed by atoms with Crippen molar-refractivity contribution in [1.29, 1.82) is 0 Å². The fourth-order valence-corrected chi connectivity index (χ4v) is 2.23. The number of nitrogens with two attached hydrogens (primary N) is 1. The molecule has 2 N–H and O–H groups in total. The van der Waals surface area contributed by atoms with Crippen LogP contribution in [-0.4, -0.2) is 43.2 Å². The highest BCUT2D eigenvalue weighted by Crippen LogP contribution is 2.13. The molecule has 1 aliphatic heterocycles. The Balaban J connectivity index is 2.46. The fourth-order valence-electron chi connectivity index (χ4n) is 2.23. The van der Waals surface area contributed by atoms with Gasteiger partial charge in [0.05, 0.1) is 7.11 Å². The van der Waals surface area contributed by atoms with Gasteiger partial charge in [0, 0.05) is 6.54 Å². The topological polar surface area (TPSA) is 55.6 Å². The SMILES string of the molecule is COC(=O)C(C)(N)CN1CCCCCCC1. The minimum atomic E-state index is -0.881. The van der Waals surface area contributed by atoms with Gasteiger partial charge < -0.3 is 15.4 Å². The highest BCUT2D eigenvalue weighted by Gasteiger charge is 2.31. The quantitative estimate of drug-likeness (QED) is 0.736. The van der Waals surface area contributed by atoms with Gasteiger partial charge in [0.25, 0.3) is 0 Å². The van der Waals surface area contributed by atoms with Gasteiger partial charge in [0.15, 0.2) is 0 Å². The van der Waals surface area contributed by atoms with E-state index >= 15 is 0 Å². The van der Waals surface area contributed by atoms with Crippen molar-refractivity contribution in [2.24, 2.45) is 5.73 Å². The first-order valence-electron chi connectivity index (χ1n) is 6.16. The Morgan fingerprint density at radius 3 is 2.25 bits per heavy atom. The largest absolute Gasteiger partial charge is 0.468 e. The summed E-state index contributed by atoms with van der Waals surface area (Å²) in [5, 5.41) is 0. The van der Waals surface area contributed by atoms with E-state index in [2.05, 4.69) is 4.90 Å². The number of carbonyl (C=O) groups is 1. The summed E-state index contributed by atoms with van der Waals surface area (Å²) in [6.45, 7) is 4.44. The second-order valence-electron chi connectivity index (χ2n) is 4.95. The minimum Gasteiger partial charge on any atom is -0.468 e. The number of ether oxygens (including phenoxy) is 1. The van der Waals surface area contributed by atoms with Gasteiger partial charge in [-0.15, -0.1) is 0 Å². The number of hydrogen-bond donors (Lipinski definition) is 1. The Labute approximate surface area is 98.1 Å². The second-order valence-corrected chi connectivity index (χ2v) is 4.95. The van der Waals surface area contributed by atoms with E-state index < -0.39 is 5.54 Å². The molecule has 4 heteroatoms. The molecule has 1 fully saturated rings. The lowest BCUT2D eigenvalue weighted by molar-refractivity contribution is -0.147. The first-order chi connectivity index (χ1) is 7.56. The van der Waals surface area contributed by atoms with Crippen molar-refractivity contribution in [3.8, 4) is 0 Å². The molecule has 1 unspecified atom stereocenters. The summed E-state index contributed by atoms with van der Waals surface area (Å²) in [5.74, 6) is -0.324. The first kappa shape index (κ1) is 13.5. The van der Waals surface area contributed by atoms with Gasteiger partial charge in [-0.1, -0.05) is 19.3 Å². The highest BCUT2D eigenvalue weighted by atomic mass is 16.5. The third kappa shape index (κ3) is 4.10. The van der Waals surface area contributed by atoms with Gasteiger partial charge >= 0.3 is 5.97 Å². The molecule has 0 amide bonds. The molecule has 0 bridgehead atoms. The zero-order chi connectivity index (χ0) is 12.0. The smallest absolute Gasteiger partial charge is 0.326 e. The van der Waals surface area contributed by atoms with Crippen LogP contribution in [0.4, 0.5) is 0 Å². The van der Waals surface area contributed by atoms with E-state index in [1.165, 1.54) is 39.2 Å². The van der Waals surface area contributed by atoms with E-state index in [1.54, 1.807) is 6.92 Å². The Hall–Kier alpha value is -0.610. The molecule has 0 aromatic carbocycles. The van der Waals surface area contributed by atoms with E-state index in [4.69, 9.17) is 10.5 Å². The molecule has 16 heavy (non-hydrogen) atoms. The number of rotatable bonds is 3. The Bertz CT molecular complexity index is 221. The molecule has 0 saturated carbocycles. The van der Waals surface area contributed by atoms with E-state index in [1.807, 2.05) is 0 Å². The van der Waals surface area contributed by atoms with Gasteiger partial charge in [-0.25, -0.2) is 0 Å². The summed E-state index contributed by atoms with van der Waals surface area (Å²) < 4.78 is 4.72. The molecule has 0 spiro atoms. The molecule has 0 radical (unpaired) electrons. The molecule has 1 aliphatic rings. The normalized spacial score (nSPS) is 22.9. The first-order valence-corrected chi connectivity index (χ1v) is 6.16. The van der Waals surface area contributed by atoms with Gasteiger partial charge in [-0.05, 0) is 32.9 Å². The zero-order valence-corrected chi connectivity index (χ0v) is 10.5. The lowest BCUT2D eigenvalue weighted by Gasteiger charge is -2.31. The molecule has 0 aromatic heterocycles. The van der Waals surface area contributed by atoms with Crippen LogP contribution in [0, 0.1) is 0 Å². The van der Waals surface area contributed by atoms with Crippen molar-refractivity contribution < 1.29 is 9.53 Å². The Morgan fingerprint density at radius 2 is 1.75 bits per heavy atom. The molecule has 1 heterocycles. The summed E-state index contributed by atoms with van der Waals surface area (Å²) in [6, 6.07) is 0. The average molecular weight is 228 g/mol. The van der Waals surface area contributed by atoms with Gasteiger partial charge in [0.2, 0.25) is 0 Å². The van der Waals surface area contributed by atoms with Crippen molar-refractivity contribution in [1.82, 2.24) is 4.90 Å². The summed E-state index contributed by atoms with van der Waals surface area (Å²) in [7, 11) is 1.39. The maximum atomic E-state index is 11.5. The zero-order valence-electron chi connectivity index (χ0n) is 10.5. The predicted molar refractivity (Wildman–Crippen MR) is 64.1 cm³/mol. The maximum Gasteiger partial charge on any atom is 0.326 e. The molecule has 94 valence electrons. The molecule has 0 aromatic rings. The van der Waals surface area contributed by atoms with Crippen LogP contribution in [0.1, 0.15) is 39.0 Å². The molecule has 4 nitrogen and oxygen atoms in total. The van der Waals surface area contributed by atoms with E-state index in [9.17, 15) is 4.79 Å². The molecular formula is C12H24N2O2. The maximum absolute atomic E-state index is 11.5. The summed E-state index contributed by atoms with van der Waals surface area (Å²) in [4.78, 5) is 13.8. The molecule has 1 atom stereocenters. The van der Waals surface area contributed by atoms with Crippen molar-refractivity contribution in [2.75, 3.05) is 26.7 Å². The third-order valence-corrected chi connectivity index (χ3v) is 3.15. The van der Waals surface area contributed by atoms with Crippen LogP contribution in [-0.2, 0) is 9.53 Å².